The molecule has 104 valence electrons. The van der Waals surface area contributed by atoms with E-state index < -0.39 is 4.92 Å². The first-order valence-electron chi connectivity index (χ1n) is 5.61. The summed E-state index contributed by atoms with van der Waals surface area (Å²) >= 11 is 11.9. The number of para-hydroxylation sites is 1. The summed E-state index contributed by atoms with van der Waals surface area (Å²) in [5.41, 5.74) is 0.191. The molecule has 2 aromatic rings. The summed E-state index contributed by atoms with van der Waals surface area (Å²) in [4.78, 5) is 10.7. The molecule has 0 heterocycles. The molecular weight excluding hydrogens is 303 g/mol. The van der Waals surface area contributed by atoms with Gasteiger partial charge >= 0.3 is 5.69 Å². The Bertz CT molecular complexity index is 662. The molecule has 0 fully saturated rings. The predicted octanol–water partition coefficient (Wildman–Crippen LogP) is 4.74. The Morgan fingerprint density at radius 1 is 1.15 bits per heavy atom. The van der Waals surface area contributed by atoms with Crippen LogP contribution >= 0.6 is 23.2 Å². The number of nitrogens with zero attached hydrogens (tertiary/aromatic N) is 1. The van der Waals surface area contributed by atoms with E-state index in [-0.39, 0.29) is 22.2 Å². The smallest absolute Gasteiger partial charge is 0.334 e. The Morgan fingerprint density at radius 2 is 1.80 bits per heavy atom. The average Bonchev–Trinajstić information content (AvgIpc) is 2.43. The molecular formula is C13H10Cl2N2O3. The van der Waals surface area contributed by atoms with E-state index in [9.17, 15) is 10.1 Å². The van der Waals surface area contributed by atoms with Gasteiger partial charge in [-0.3, -0.25) is 10.1 Å². The quantitative estimate of drug-likeness (QED) is 0.654. The zero-order valence-corrected chi connectivity index (χ0v) is 11.9. The van der Waals surface area contributed by atoms with Gasteiger partial charge in [0.15, 0.2) is 0 Å². The van der Waals surface area contributed by atoms with Crippen LogP contribution in [0.25, 0.3) is 0 Å². The lowest BCUT2D eigenvalue weighted by Gasteiger charge is -2.10. The lowest BCUT2D eigenvalue weighted by Crippen LogP contribution is -1.99. The van der Waals surface area contributed by atoms with Crippen molar-refractivity contribution in [1.82, 2.24) is 0 Å². The molecule has 0 atom stereocenters. The van der Waals surface area contributed by atoms with Crippen LogP contribution in [0.3, 0.4) is 0 Å². The second kappa shape index (κ2) is 5.98. The molecule has 0 saturated carbocycles. The van der Waals surface area contributed by atoms with Gasteiger partial charge in [0.2, 0.25) is 5.75 Å². The van der Waals surface area contributed by atoms with E-state index in [0.717, 1.165) is 0 Å². The van der Waals surface area contributed by atoms with Crippen molar-refractivity contribution < 1.29 is 9.66 Å². The molecule has 0 spiro atoms. The summed E-state index contributed by atoms with van der Waals surface area (Å²) in [7, 11) is 1.60. The fourth-order valence-electron chi connectivity index (χ4n) is 1.68. The van der Waals surface area contributed by atoms with Crippen molar-refractivity contribution in [2.24, 2.45) is 0 Å². The van der Waals surface area contributed by atoms with Crippen molar-refractivity contribution in [3.05, 3.63) is 56.6 Å². The van der Waals surface area contributed by atoms with Crippen molar-refractivity contribution in [2.45, 2.75) is 0 Å². The Kier molecular flexibility index (Phi) is 4.32. The summed E-state index contributed by atoms with van der Waals surface area (Å²) in [6.45, 7) is 0. The van der Waals surface area contributed by atoms with Gasteiger partial charge in [-0.15, -0.1) is 0 Å². The monoisotopic (exact) mass is 312 g/mol. The zero-order chi connectivity index (χ0) is 14.7. The number of hydrogen-bond acceptors (Lipinski definition) is 4. The number of anilines is 1. The van der Waals surface area contributed by atoms with Gasteiger partial charge in [-0.1, -0.05) is 35.3 Å². The summed E-state index contributed by atoms with van der Waals surface area (Å²) < 4.78 is 5.53. The van der Waals surface area contributed by atoms with Gasteiger partial charge in [-0.25, -0.2) is 0 Å². The highest BCUT2D eigenvalue weighted by Gasteiger charge is 2.21. The maximum atomic E-state index is 11.2. The zero-order valence-electron chi connectivity index (χ0n) is 10.4. The third-order valence-corrected chi connectivity index (χ3v) is 3.39. The summed E-state index contributed by atoms with van der Waals surface area (Å²) in [6, 6.07) is 9.57. The number of rotatable bonds is 4. The summed E-state index contributed by atoms with van der Waals surface area (Å²) in [6.07, 6.45) is 0. The SMILES string of the molecule is CNc1cccc(Oc2cccc(Cl)c2Cl)c1[N+](=O)[O-]. The van der Waals surface area contributed by atoms with Crippen LogP contribution in [-0.2, 0) is 0 Å². The van der Waals surface area contributed by atoms with Gasteiger partial charge in [0.25, 0.3) is 0 Å². The average molecular weight is 313 g/mol. The van der Waals surface area contributed by atoms with Crippen molar-refractivity contribution in [1.29, 1.82) is 0 Å². The van der Waals surface area contributed by atoms with Gasteiger partial charge < -0.3 is 10.1 Å². The predicted molar refractivity (Wildman–Crippen MR) is 79.2 cm³/mol. The number of nitrogens with one attached hydrogen (secondary N) is 1. The first-order chi connectivity index (χ1) is 9.54. The topological polar surface area (TPSA) is 64.4 Å². The van der Waals surface area contributed by atoms with Crippen LogP contribution in [0.1, 0.15) is 0 Å². The fraction of sp³-hybridized carbons (Fsp3) is 0.0769. The van der Waals surface area contributed by atoms with Crippen LogP contribution in [0.15, 0.2) is 36.4 Å². The number of halogens is 2. The fourth-order valence-corrected chi connectivity index (χ4v) is 2.01. The van der Waals surface area contributed by atoms with E-state index >= 15 is 0 Å². The lowest BCUT2D eigenvalue weighted by atomic mass is 10.2. The molecule has 7 heteroatoms. The number of nitro benzene ring substituents is 1. The molecule has 5 nitrogen and oxygen atoms in total. The normalized spacial score (nSPS) is 10.2. The highest BCUT2D eigenvalue weighted by molar-refractivity contribution is 6.42. The molecule has 20 heavy (non-hydrogen) atoms. The van der Waals surface area contributed by atoms with Crippen molar-refractivity contribution in [3.63, 3.8) is 0 Å². The van der Waals surface area contributed by atoms with Gasteiger partial charge in [-0.05, 0) is 24.3 Å². The molecule has 2 aromatic carbocycles. The Hall–Kier alpha value is -1.98. The van der Waals surface area contributed by atoms with Crippen molar-refractivity contribution in [2.75, 3.05) is 12.4 Å². The van der Waals surface area contributed by atoms with Crippen LogP contribution in [-0.4, -0.2) is 12.0 Å². The van der Waals surface area contributed by atoms with E-state index in [4.69, 9.17) is 27.9 Å². The van der Waals surface area contributed by atoms with Gasteiger partial charge in [0.1, 0.15) is 16.5 Å². The van der Waals surface area contributed by atoms with E-state index in [0.29, 0.717) is 10.7 Å². The molecule has 0 unspecified atom stereocenters. The second-order valence-electron chi connectivity index (χ2n) is 3.81. The van der Waals surface area contributed by atoms with Gasteiger partial charge in [0, 0.05) is 7.05 Å². The van der Waals surface area contributed by atoms with Crippen molar-refractivity contribution in [3.8, 4) is 11.5 Å². The Labute approximate surface area is 125 Å². The highest BCUT2D eigenvalue weighted by atomic mass is 35.5. The molecule has 0 bridgehead atoms. The van der Waals surface area contributed by atoms with Crippen LogP contribution in [0, 0.1) is 10.1 Å². The Balaban J connectivity index is 2.48. The summed E-state index contributed by atoms with van der Waals surface area (Å²) in [5.74, 6) is 0.349. The highest BCUT2D eigenvalue weighted by Crippen LogP contribution is 2.40. The third-order valence-electron chi connectivity index (χ3n) is 2.59. The molecule has 0 aliphatic rings. The molecule has 1 N–H and O–H groups in total. The lowest BCUT2D eigenvalue weighted by molar-refractivity contribution is -0.384. The minimum Gasteiger partial charge on any atom is -0.448 e. The number of benzene rings is 2. The first-order valence-corrected chi connectivity index (χ1v) is 6.37. The van der Waals surface area contributed by atoms with Crippen LogP contribution in [0.2, 0.25) is 10.0 Å². The van der Waals surface area contributed by atoms with E-state index in [2.05, 4.69) is 5.32 Å². The maximum absolute atomic E-state index is 11.2. The summed E-state index contributed by atoms with van der Waals surface area (Å²) in [5, 5.41) is 14.4. The minimum absolute atomic E-state index is 0.0889. The molecule has 0 saturated heterocycles. The number of ether oxygens (including phenoxy) is 1. The standard InChI is InChI=1S/C13H10Cl2N2O3/c1-16-9-5-3-7-11(13(9)17(18)19)20-10-6-2-4-8(14)12(10)15/h2-7,16H,1H3. The van der Waals surface area contributed by atoms with E-state index in [1.54, 1.807) is 37.4 Å². The number of hydrogen-bond donors (Lipinski definition) is 1. The third kappa shape index (κ3) is 2.79. The van der Waals surface area contributed by atoms with Crippen LogP contribution < -0.4 is 10.1 Å². The second-order valence-corrected chi connectivity index (χ2v) is 4.60. The molecule has 0 amide bonds. The largest absolute Gasteiger partial charge is 0.448 e. The van der Waals surface area contributed by atoms with Crippen LogP contribution in [0.4, 0.5) is 11.4 Å². The van der Waals surface area contributed by atoms with Crippen LogP contribution in [0.5, 0.6) is 11.5 Å². The molecule has 0 aromatic heterocycles. The minimum atomic E-state index is -0.514. The Morgan fingerprint density at radius 3 is 2.45 bits per heavy atom. The van der Waals surface area contributed by atoms with E-state index in [1.165, 1.54) is 6.07 Å². The number of nitro groups is 1. The van der Waals surface area contributed by atoms with E-state index in [1.807, 2.05) is 0 Å². The molecule has 0 aliphatic carbocycles. The van der Waals surface area contributed by atoms with Crippen molar-refractivity contribution >= 4 is 34.6 Å². The molecule has 2 rings (SSSR count). The maximum Gasteiger partial charge on any atom is 0.334 e. The molecule has 0 radical (unpaired) electrons. The molecule has 0 aliphatic heterocycles. The van der Waals surface area contributed by atoms with Gasteiger partial charge in [0.05, 0.1) is 9.95 Å². The first kappa shape index (κ1) is 14.4. The van der Waals surface area contributed by atoms with Gasteiger partial charge in [-0.2, -0.15) is 0 Å².